The lowest BCUT2D eigenvalue weighted by Crippen LogP contribution is -1.94. The fourth-order valence-electron chi connectivity index (χ4n) is 2.25. The third-order valence-corrected chi connectivity index (χ3v) is 3.40. The summed E-state index contributed by atoms with van der Waals surface area (Å²) in [4.78, 5) is 11.4. The van der Waals surface area contributed by atoms with Gasteiger partial charge in [-0.15, -0.1) is 0 Å². The summed E-state index contributed by atoms with van der Waals surface area (Å²) < 4.78 is 0. The zero-order valence-corrected chi connectivity index (χ0v) is 12.0. The molecule has 6 heteroatoms. The van der Waals surface area contributed by atoms with Crippen LogP contribution in [0.25, 0.3) is 10.9 Å². The topological polar surface area (TPSA) is 87.3 Å². The van der Waals surface area contributed by atoms with Crippen molar-refractivity contribution in [1.29, 1.82) is 0 Å². The zero-order chi connectivity index (χ0) is 15.0. The SMILES string of the molecule is CC(=Nc1ccc(Cl)nc1)c1c(O)[nH]c2ccc(N)cc12. The highest BCUT2D eigenvalue weighted by atomic mass is 35.5. The van der Waals surface area contributed by atoms with Crippen LogP contribution in [0.1, 0.15) is 12.5 Å². The monoisotopic (exact) mass is 300 g/mol. The van der Waals surface area contributed by atoms with E-state index in [2.05, 4.69) is 15.0 Å². The predicted octanol–water partition coefficient (Wildman–Crippen LogP) is 3.64. The second-order valence-electron chi connectivity index (χ2n) is 4.69. The third-order valence-electron chi connectivity index (χ3n) is 3.17. The minimum atomic E-state index is 0.0683. The van der Waals surface area contributed by atoms with Crippen LogP contribution in [0.15, 0.2) is 41.5 Å². The molecule has 0 saturated heterocycles. The number of benzene rings is 1. The van der Waals surface area contributed by atoms with E-state index >= 15 is 0 Å². The van der Waals surface area contributed by atoms with Crippen LogP contribution in [-0.4, -0.2) is 20.8 Å². The molecule has 0 atom stereocenters. The number of nitrogens with two attached hydrogens (primary N) is 1. The smallest absolute Gasteiger partial charge is 0.198 e. The molecule has 0 fully saturated rings. The number of nitrogens with one attached hydrogen (secondary N) is 1. The van der Waals surface area contributed by atoms with Crippen LogP contribution in [0.5, 0.6) is 5.88 Å². The molecule has 5 nitrogen and oxygen atoms in total. The summed E-state index contributed by atoms with van der Waals surface area (Å²) in [5, 5.41) is 11.3. The molecule has 3 aromatic rings. The summed E-state index contributed by atoms with van der Waals surface area (Å²) in [6.07, 6.45) is 1.58. The first-order chi connectivity index (χ1) is 10.0. The van der Waals surface area contributed by atoms with Gasteiger partial charge in [0.05, 0.1) is 23.2 Å². The third kappa shape index (κ3) is 2.55. The largest absolute Gasteiger partial charge is 0.494 e. The molecule has 0 spiro atoms. The number of rotatable bonds is 2. The van der Waals surface area contributed by atoms with Crippen molar-refractivity contribution in [3.8, 4) is 5.88 Å². The Bertz CT molecular complexity index is 837. The molecule has 0 amide bonds. The van der Waals surface area contributed by atoms with E-state index in [4.69, 9.17) is 17.3 Å². The van der Waals surface area contributed by atoms with Crippen molar-refractivity contribution >= 4 is 39.6 Å². The molecule has 1 aromatic carbocycles. The number of halogens is 1. The van der Waals surface area contributed by atoms with E-state index < -0.39 is 0 Å². The average molecular weight is 301 g/mol. The van der Waals surface area contributed by atoms with Crippen molar-refractivity contribution in [2.24, 2.45) is 4.99 Å². The first-order valence-corrected chi connectivity index (χ1v) is 6.70. The number of hydrogen-bond acceptors (Lipinski definition) is 4. The van der Waals surface area contributed by atoms with Crippen molar-refractivity contribution in [2.45, 2.75) is 6.92 Å². The molecule has 106 valence electrons. The van der Waals surface area contributed by atoms with Gasteiger partial charge in [0.25, 0.3) is 0 Å². The van der Waals surface area contributed by atoms with E-state index in [1.54, 1.807) is 30.5 Å². The summed E-state index contributed by atoms with van der Waals surface area (Å²) in [6.45, 7) is 1.82. The van der Waals surface area contributed by atoms with Crippen LogP contribution in [0.3, 0.4) is 0 Å². The van der Waals surface area contributed by atoms with Gasteiger partial charge in [0.1, 0.15) is 5.15 Å². The van der Waals surface area contributed by atoms with Crippen molar-refractivity contribution in [3.05, 3.63) is 47.2 Å². The summed E-state index contributed by atoms with van der Waals surface area (Å²) in [6, 6.07) is 8.84. The van der Waals surface area contributed by atoms with Gasteiger partial charge in [0.15, 0.2) is 5.88 Å². The van der Waals surface area contributed by atoms with E-state index in [1.165, 1.54) is 0 Å². The van der Waals surface area contributed by atoms with Gasteiger partial charge < -0.3 is 15.8 Å². The highest BCUT2D eigenvalue weighted by Crippen LogP contribution is 2.30. The Balaban J connectivity index is 2.12. The summed E-state index contributed by atoms with van der Waals surface area (Å²) in [5.41, 5.74) is 9.20. The first-order valence-electron chi connectivity index (χ1n) is 6.32. The van der Waals surface area contributed by atoms with Crippen LogP contribution in [-0.2, 0) is 0 Å². The zero-order valence-electron chi connectivity index (χ0n) is 11.3. The summed E-state index contributed by atoms with van der Waals surface area (Å²) in [5.74, 6) is 0.0683. The maximum Gasteiger partial charge on any atom is 0.198 e. The fraction of sp³-hybridized carbons (Fsp3) is 0.0667. The van der Waals surface area contributed by atoms with Gasteiger partial charge in [-0.2, -0.15) is 0 Å². The molecule has 0 aliphatic heterocycles. The molecule has 2 heterocycles. The van der Waals surface area contributed by atoms with E-state index in [1.807, 2.05) is 13.0 Å². The molecule has 0 unspecified atom stereocenters. The van der Waals surface area contributed by atoms with E-state index in [9.17, 15) is 5.11 Å². The minimum absolute atomic E-state index is 0.0683. The van der Waals surface area contributed by atoms with E-state index in [0.717, 1.165) is 10.9 Å². The standard InChI is InChI=1S/C15H13ClN4O/c1-8(19-10-3-5-13(16)18-7-10)14-11-6-9(17)2-4-12(11)20-15(14)21/h2-7,20-21H,17H2,1H3. The van der Waals surface area contributed by atoms with E-state index in [0.29, 0.717) is 27.8 Å². The summed E-state index contributed by atoms with van der Waals surface area (Å²) >= 11 is 5.75. The van der Waals surface area contributed by atoms with Crippen LogP contribution in [0, 0.1) is 0 Å². The van der Waals surface area contributed by atoms with Gasteiger partial charge in [0, 0.05) is 16.6 Å². The Hall–Kier alpha value is -2.53. The first kappa shape index (κ1) is 13.5. The maximum absolute atomic E-state index is 10.1. The number of hydrogen-bond donors (Lipinski definition) is 3. The molecule has 21 heavy (non-hydrogen) atoms. The maximum atomic E-state index is 10.1. The van der Waals surface area contributed by atoms with Crippen LogP contribution < -0.4 is 5.73 Å². The highest BCUT2D eigenvalue weighted by Gasteiger charge is 2.13. The minimum Gasteiger partial charge on any atom is -0.494 e. The lowest BCUT2D eigenvalue weighted by Gasteiger charge is -2.01. The number of H-pyrrole nitrogens is 1. The molecule has 0 aliphatic rings. The van der Waals surface area contributed by atoms with Crippen molar-refractivity contribution in [2.75, 3.05) is 5.73 Å². The summed E-state index contributed by atoms with van der Waals surface area (Å²) in [7, 11) is 0. The number of anilines is 1. The Labute approximate surface area is 126 Å². The fourth-order valence-corrected chi connectivity index (χ4v) is 2.36. The van der Waals surface area contributed by atoms with Crippen molar-refractivity contribution in [3.63, 3.8) is 0 Å². The molecular formula is C15H13ClN4O. The molecule has 2 aromatic heterocycles. The number of pyridine rings is 1. The number of fused-ring (bicyclic) bond motifs is 1. The number of aliphatic imine (C=N–C) groups is 1. The molecule has 0 radical (unpaired) electrons. The Morgan fingerprint density at radius 3 is 2.86 bits per heavy atom. The molecule has 4 N–H and O–H groups in total. The number of nitrogen functional groups attached to an aromatic ring is 1. The lowest BCUT2D eigenvalue weighted by atomic mass is 10.1. The quantitative estimate of drug-likeness (QED) is 0.383. The van der Waals surface area contributed by atoms with Crippen molar-refractivity contribution < 1.29 is 5.11 Å². The molecule has 3 rings (SSSR count). The number of aromatic nitrogens is 2. The number of aromatic hydroxyl groups is 1. The second kappa shape index (κ2) is 5.10. The van der Waals surface area contributed by atoms with Gasteiger partial charge in [-0.1, -0.05) is 11.6 Å². The van der Waals surface area contributed by atoms with Crippen molar-refractivity contribution in [1.82, 2.24) is 9.97 Å². The molecular weight excluding hydrogens is 288 g/mol. The Morgan fingerprint density at radius 1 is 1.33 bits per heavy atom. The average Bonchev–Trinajstić information content (AvgIpc) is 2.76. The molecule has 0 aliphatic carbocycles. The number of aromatic amines is 1. The van der Waals surface area contributed by atoms with Crippen LogP contribution >= 0.6 is 11.6 Å². The number of nitrogens with zero attached hydrogens (tertiary/aromatic N) is 2. The van der Waals surface area contributed by atoms with Gasteiger partial charge in [-0.05, 0) is 37.3 Å². The van der Waals surface area contributed by atoms with Crippen LogP contribution in [0.4, 0.5) is 11.4 Å². The predicted molar refractivity (Wildman–Crippen MR) is 85.5 cm³/mol. The lowest BCUT2D eigenvalue weighted by molar-refractivity contribution is 0.457. The second-order valence-corrected chi connectivity index (χ2v) is 5.08. The Morgan fingerprint density at radius 2 is 2.14 bits per heavy atom. The Kier molecular flexibility index (Phi) is 3.27. The van der Waals surface area contributed by atoms with Gasteiger partial charge in [0.2, 0.25) is 0 Å². The molecule has 0 bridgehead atoms. The van der Waals surface area contributed by atoms with Gasteiger partial charge in [-0.3, -0.25) is 4.99 Å². The molecule has 0 saturated carbocycles. The van der Waals surface area contributed by atoms with Gasteiger partial charge in [-0.25, -0.2) is 4.98 Å². The normalized spacial score (nSPS) is 12.0. The van der Waals surface area contributed by atoms with Gasteiger partial charge >= 0.3 is 0 Å². The highest BCUT2D eigenvalue weighted by molar-refractivity contribution is 6.29. The van der Waals surface area contributed by atoms with Crippen LogP contribution in [0.2, 0.25) is 5.15 Å². The van der Waals surface area contributed by atoms with E-state index in [-0.39, 0.29) is 5.88 Å².